The molecule has 2 aromatic rings. The molecule has 6 rings (SSSR count). The van der Waals surface area contributed by atoms with Gasteiger partial charge >= 0.3 is 6.01 Å². The predicted molar refractivity (Wildman–Crippen MR) is 108 cm³/mol. The number of ether oxygens (including phenoxy) is 3. The molecule has 3 saturated heterocycles. The summed E-state index contributed by atoms with van der Waals surface area (Å²) in [6, 6.07) is -0.0490. The van der Waals surface area contributed by atoms with E-state index >= 15 is 0 Å². The first-order valence-corrected chi connectivity index (χ1v) is 11.0. The summed E-state index contributed by atoms with van der Waals surface area (Å²) in [7, 11) is 0. The highest BCUT2D eigenvalue weighted by Crippen LogP contribution is 2.42. The van der Waals surface area contributed by atoms with Crippen molar-refractivity contribution in [2.45, 2.75) is 37.0 Å². The lowest BCUT2D eigenvalue weighted by Gasteiger charge is -2.35. The molecule has 3 fully saturated rings. The first-order chi connectivity index (χ1) is 15.0. The highest BCUT2D eigenvalue weighted by atomic mass is 35.5. The highest BCUT2D eigenvalue weighted by molar-refractivity contribution is 6.30. The average Bonchev–Trinajstić information content (AvgIpc) is 3.24. The Hall–Kier alpha value is -2.04. The van der Waals surface area contributed by atoms with Crippen molar-refractivity contribution in [1.29, 1.82) is 0 Å². The first-order valence-electron chi connectivity index (χ1n) is 10.6. The van der Waals surface area contributed by atoms with Crippen LogP contribution in [0.25, 0.3) is 10.9 Å². The summed E-state index contributed by atoms with van der Waals surface area (Å²) in [5.74, 6) is -0.0389. The highest BCUT2D eigenvalue weighted by Gasteiger charge is 2.49. The van der Waals surface area contributed by atoms with Gasteiger partial charge in [0.05, 0.1) is 24.8 Å². The maximum Gasteiger partial charge on any atom is 0.319 e. The number of rotatable bonds is 3. The topological polar surface area (TPSA) is 72.8 Å². The summed E-state index contributed by atoms with van der Waals surface area (Å²) in [5.41, 5.74) is -0.339. The number of anilines is 1. The minimum Gasteiger partial charge on any atom is -0.475 e. The van der Waals surface area contributed by atoms with Crippen molar-refractivity contribution in [3.8, 4) is 11.9 Å². The normalized spacial score (nSPS) is 30.1. The minimum absolute atomic E-state index is 0.0118. The number of pyridine rings is 1. The standard InChI is InChI=1S/C20H22ClF2N5O3/c21-16-14(23)15-13-17(28-4-5-29-8-12(28)9-30-18(13)25-16)26-19(24-15)31-10-20-2-1-3-27(20)7-11(22)6-20/h11-12H,1-10H2/t11-,12?,20+/m1/s1. The molecule has 0 radical (unpaired) electrons. The summed E-state index contributed by atoms with van der Waals surface area (Å²) in [6.07, 6.45) is 1.44. The van der Waals surface area contributed by atoms with Crippen LogP contribution in [0.4, 0.5) is 14.6 Å². The molecule has 0 N–H and O–H groups in total. The Balaban J connectivity index is 1.41. The molecule has 1 unspecified atom stereocenters. The molecule has 0 bridgehead atoms. The first kappa shape index (κ1) is 19.6. The second-order valence-electron chi connectivity index (χ2n) is 8.67. The van der Waals surface area contributed by atoms with Crippen LogP contribution in [0.2, 0.25) is 5.15 Å². The van der Waals surface area contributed by atoms with Crippen LogP contribution in [0.15, 0.2) is 0 Å². The van der Waals surface area contributed by atoms with Gasteiger partial charge in [-0.3, -0.25) is 4.90 Å². The van der Waals surface area contributed by atoms with Gasteiger partial charge in [0.15, 0.2) is 11.0 Å². The number of hydrogen-bond acceptors (Lipinski definition) is 8. The smallest absolute Gasteiger partial charge is 0.319 e. The van der Waals surface area contributed by atoms with Gasteiger partial charge in [-0.15, -0.1) is 0 Å². The summed E-state index contributed by atoms with van der Waals surface area (Å²) >= 11 is 6.02. The molecular weight excluding hydrogens is 432 g/mol. The van der Waals surface area contributed by atoms with Crippen LogP contribution in [0.3, 0.4) is 0 Å². The molecule has 0 aromatic carbocycles. The van der Waals surface area contributed by atoms with Crippen LogP contribution in [0.5, 0.6) is 11.9 Å². The summed E-state index contributed by atoms with van der Waals surface area (Å²) in [4.78, 5) is 17.2. The summed E-state index contributed by atoms with van der Waals surface area (Å²) < 4.78 is 46.5. The maximum absolute atomic E-state index is 15.0. The Kier molecular flexibility index (Phi) is 4.59. The number of fused-ring (bicyclic) bond motifs is 3. The van der Waals surface area contributed by atoms with Gasteiger partial charge in [0, 0.05) is 19.5 Å². The number of morpholine rings is 1. The van der Waals surface area contributed by atoms with E-state index in [0.717, 1.165) is 19.4 Å². The van der Waals surface area contributed by atoms with Gasteiger partial charge in [-0.1, -0.05) is 11.6 Å². The third kappa shape index (κ3) is 3.10. The summed E-state index contributed by atoms with van der Waals surface area (Å²) in [6.45, 7) is 3.42. The van der Waals surface area contributed by atoms with Crippen LogP contribution in [-0.4, -0.2) is 83.7 Å². The fourth-order valence-corrected chi connectivity index (χ4v) is 5.51. The quantitative estimate of drug-likeness (QED) is 0.656. The molecule has 0 saturated carbocycles. The molecule has 3 atom stereocenters. The molecule has 8 nitrogen and oxygen atoms in total. The van der Waals surface area contributed by atoms with E-state index in [1.165, 1.54) is 0 Å². The van der Waals surface area contributed by atoms with E-state index < -0.39 is 12.0 Å². The van der Waals surface area contributed by atoms with E-state index in [2.05, 4.69) is 19.9 Å². The molecule has 4 aliphatic rings. The maximum atomic E-state index is 15.0. The number of halogens is 3. The Morgan fingerprint density at radius 3 is 3.03 bits per heavy atom. The molecular formula is C20H22ClF2N5O3. The van der Waals surface area contributed by atoms with Crippen molar-refractivity contribution in [1.82, 2.24) is 19.9 Å². The van der Waals surface area contributed by atoms with Crippen LogP contribution in [0.1, 0.15) is 19.3 Å². The van der Waals surface area contributed by atoms with Crippen LogP contribution >= 0.6 is 11.6 Å². The fourth-order valence-electron chi connectivity index (χ4n) is 5.35. The van der Waals surface area contributed by atoms with E-state index in [1.807, 2.05) is 4.90 Å². The second-order valence-corrected chi connectivity index (χ2v) is 9.03. The van der Waals surface area contributed by atoms with Gasteiger partial charge in [-0.05, 0) is 19.4 Å². The Morgan fingerprint density at radius 1 is 1.23 bits per heavy atom. The van der Waals surface area contributed by atoms with Crippen molar-refractivity contribution in [3.63, 3.8) is 0 Å². The fraction of sp³-hybridized carbons (Fsp3) is 0.650. The van der Waals surface area contributed by atoms with Crippen LogP contribution in [-0.2, 0) is 4.74 Å². The Labute approximate surface area is 182 Å². The SMILES string of the molecule is Fc1c(Cl)nc2c3c(nc(OC[C@@]45CCCN4C[C@H](F)C5)nc13)N1CCOCC1CO2. The number of alkyl halides is 1. The van der Waals surface area contributed by atoms with Gasteiger partial charge in [0.2, 0.25) is 5.88 Å². The van der Waals surface area contributed by atoms with Crippen LogP contribution in [0, 0.1) is 5.82 Å². The Bertz CT molecular complexity index is 1050. The van der Waals surface area contributed by atoms with Gasteiger partial charge < -0.3 is 19.1 Å². The van der Waals surface area contributed by atoms with Crippen molar-refractivity contribution < 1.29 is 23.0 Å². The zero-order valence-corrected chi connectivity index (χ0v) is 17.6. The molecule has 0 aliphatic carbocycles. The third-order valence-corrected chi connectivity index (χ3v) is 7.07. The zero-order chi connectivity index (χ0) is 21.2. The van der Waals surface area contributed by atoms with Crippen molar-refractivity contribution in [2.24, 2.45) is 0 Å². The zero-order valence-electron chi connectivity index (χ0n) is 16.8. The monoisotopic (exact) mass is 453 g/mol. The molecule has 166 valence electrons. The molecule has 0 spiro atoms. The largest absolute Gasteiger partial charge is 0.475 e. The Morgan fingerprint density at radius 2 is 2.13 bits per heavy atom. The number of aromatic nitrogens is 3. The van der Waals surface area contributed by atoms with E-state index in [-0.39, 0.29) is 40.7 Å². The van der Waals surface area contributed by atoms with Gasteiger partial charge in [0.25, 0.3) is 0 Å². The average molecular weight is 454 g/mol. The lowest BCUT2D eigenvalue weighted by Crippen LogP contribution is -2.48. The number of nitrogens with zero attached hydrogens (tertiary/aromatic N) is 5. The lowest BCUT2D eigenvalue weighted by molar-refractivity contribution is 0.0773. The number of hydrogen-bond donors (Lipinski definition) is 0. The van der Waals surface area contributed by atoms with E-state index in [1.54, 1.807) is 0 Å². The van der Waals surface area contributed by atoms with Crippen LogP contribution < -0.4 is 14.4 Å². The van der Waals surface area contributed by atoms with Crippen molar-refractivity contribution in [2.75, 3.05) is 51.0 Å². The van der Waals surface area contributed by atoms with E-state index in [0.29, 0.717) is 50.5 Å². The molecule has 4 aliphatic heterocycles. The second kappa shape index (κ2) is 7.25. The predicted octanol–water partition coefficient (Wildman–Crippen LogP) is 2.37. The van der Waals surface area contributed by atoms with Gasteiger partial charge in [-0.25, -0.2) is 8.78 Å². The van der Waals surface area contributed by atoms with Gasteiger partial charge in [0.1, 0.15) is 36.1 Å². The van der Waals surface area contributed by atoms with Crippen molar-refractivity contribution >= 4 is 28.3 Å². The van der Waals surface area contributed by atoms with E-state index in [4.69, 9.17) is 25.8 Å². The summed E-state index contributed by atoms with van der Waals surface area (Å²) in [5, 5.41) is 0.0647. The molecule has 6 heterocycles. The molecule has 31 heavy (non-hydrogen) atoms. The lowest BCUT2D eigenvalue weighted by atomic mass is 9.95. The molecule has 0 amide bonds. The molecule has 11 heteroatoms. The van der Waals surface area contributed by atoms with Gasteiger partial charge in [-0.2, -0.15) is 15.0 Å². The van der Waals surface area contributed by atoms with E-state index in [9.17, 15) is 8.78 Å². The molecule has 2 aromatic heterocycles. The minimum atomic E-state index is -0.859. The third-order valence-electron chi connectivity index (χ3n) is 6.81. The van der Waals surface area contributed by atoms with Crippen molar-refractivity contribution in [3.05, 3.63) is 11.0 Å².